The quantitative estimate of drug-likeness (QED) is 0.684. The third-order valence-corrected chi connectivity index (χ3v) is 4.26. The van der Waals surface area contributed by atoms with E-state index in [-0.39, 0.29) is 5.91 Å². The average Bonchev–Trinajstić information content (AvgIpc) is 3.33. The molecule has 1 amide bonds. The molecule has 0 bridgehead atoms. The number of benzene rings is 1. The van der Waals surface area contributed by atoms with Crippen molar-refractivity contribution in [2.75, 3.05) is 19.5 Å². The third-order valence-electron chi connectivity index (χ3n) is 4.26. The van der Waals surface area contributed by atoms with Gasteiger partial charge in [0.2, 0.25) is 5.91 Å². The number of aromatic nitrogens is 5. The van der Waals surface area contributed by atoms with Crippen LogP contribution in [-0.2, 0) is 11.3 Å². The Morgan fingerprint density at radius 1 is 1.22 bits per heavy atom. The Morgan fingerprint density at radius 3 is 2.67 bits per heavy atom. The molecule has 0 aliphatic rings. The first kappa shape index (κ1) is 18.4. The molecule has 1 atom stereocenters. The smallest absolute Gasteiger partial charge is 0.250 e. The van der Waals surface area contributed by atoms with Gasteiger partial charge in [0.05, 0.1) is 27.0 Å². The molecule has 3 aromatic rings. The SMILES string of the molecule is COc1ccc(Cn2ncc(C)c2NC(=O)[C@H](C)n2cncn2)cc1OC. The van der Waals surface area contributed by atoms with E-state index in [1.807, 2.05) is 25.1 Å². The van der Waals surface area contributed by atoms with Gasteiger partial charge in [-0.05, 0) is 31.5 Å². The maximum absolute atomic E-state index is 12.6. The van der Waals surface area contributed by atoms with Crippen LogP contribution in [0.5, 0.6) is 11.5 Å². The van der Waals surface area contributed by atoms with Gasteiger partial charge in [-0.25, -0.2) is 14.3 Å². The van der Waals surface area contributed by atoms with Gasteiger partial charge in [-0.3, -0.25) is 4.79 Å². The summed E-state index contributed by atoms with van der Waals surface area (Å²) < 4.78 is 13.9. The summed E-state index contributed by atoms with van der Waals surface area (Å²) in [5, 5.41) is 11.3. The third kappa shape index (κ3) is 3.91. The average molecular weight is 370 g/mol. The molecule has 27 heavy (non-hydrogen) atoms. The van der Waals surface area contributed by atoms with E-state index in [0.29, 0.717) is 23.9 Å². The molecule has 1 N–H and O–H groups in total. The number of hydrogen-bond acceptors (Lipinski definition) is 6. The molecule has 2 heterocycles. The number of carbonyl (C=O) groups excluding carboxylic acids is 1. The minimum absolute atomic E-state index is 0.197. The van der Waals surface area contributed by atoms with Crippen LogP contribution >= 0.6 is 0 Å². The van der Waals surface area contributed by atoms with Crippen molar-refractivity contribution in [3.05, 3.63) is 48.2 Å². The first-order chi connectivity index (χ1) is 13.0. The van der Waals surface area contributed by atoms with Gasteiger partial charge in [-0.1, -0.05) is 6.07 Å². The zero-order valence-electron chi connectivity index (χ0n) is 15.7. The number of ether oxygens (including phenoxy) is 2. The van der Waals surface area contributed by atoms with E-state index in [1.54, 1.807) is 32.0 Å². The van der Waals surface area contributed by atoms with Crippen molar-refractivity contribution < 1.29 is 14.3 Å². The molecule has 0 aliphatic carbocycles. The lowest BCUT2D eigenvalue weighted by molar-refractivity contribution is -0.119. The molecule has 0 radical (unpaired) electrons. The first-order valence-corrected chi connectivity index (χ1v) is 8.41. The fraction of sp³-hybridized carbons (Fsp3) is 0.333. The van der Waals surface area contributed by atoms with Gasteiger partial charge in [0, 0.05) is 5.56 Å². The van der Waals surface area contributed by atoms with E-state index < -0.39 is 6.04 Å². The monoisotopic (exact) mass is 370 g/mol. The molecule has 0 spiro atoms. The zero-order valence-corrected chi connectivity index (χ0v) is 15.7. The molecule has 9 heteroatoms. The van der Waals surface area contributed by atoms with Crippen molar-refractivity contribution in [3.8, 4) is 11.5 Å². The Kier molecular flexibility index (Phi) is 5.39. The highest BCUT2D eigenvalue weighted by atomic mass is 16.5. The number of methoxy groups -OCH3 is 2. The number of aryl methyl sites for hydroxylation is 1. The number of nitrogens with one attached hydrogen (secondary N) is 1. The van der Waals surface area contributed by atoms with Gasteiger partial charge in [-0.15, -0.1) is 0 Å². The first-order valence-electron chi connectivity index (χ1n) is 8.41. The number of rotatable bonds is 7. The summed E-state index contributed by atoms with van der Waals surface area (Å²) >= 11 is 0. The van der Waals surface area contributed by atoms with Crippen molar-refractivity contribution in [1.82, 2.24) is 24.5 Å². The van der Waals surface area contributed by atoms with Gasteiger partial charge in [0.1, 0.15) is 24.5 Å². The second-order valence-corrected chi connectivity index (χ2v) is 6.06. The van der Waals surface area contributed by atoms with Gasteiger partial charge in [-0.2, -0.15) is 10.2 Å². The lowest BCUT2D eigenvalue weighted by Crippen LogP contribution is -2.26. The molecular weight excluding hydrogens is 348 g/mol. The maximum atomic E-state index is 12.6. The van der Waals surface area contributed by atoms with E-state index in [1.165, 1.54) is 17.3 Å². The van der Waals surface area contributed by atoms with Crippen LogP contribution in [0.3, 0.4) is 0 Å². The second kappa shape index (κ2) is 7.90. The van der Waals surface area contributed by atoms with Crippen molar-refractivity contribution in [2.24, 2.45) is 0 Å². The topological polar surface area (TPSA) is 96.1 Å². The number of nitrogens with zero attached hydrogens (tertiary/aromatic N) is 5. The molecular formula is C18H22N6O3. The fourth-order valence-electron chi connectivity index (χ4n) is 2.67. The van der Waals surface area contributed by atoms with Gasteiger partial charge >= 0.3 is 0 Å². The van der Waals surface area contributed by atoms with Crippen LogP contribution < -0.4 is 14.8 Å². The highest BCUT2D eigenvalue weighted by molar-refractivity contribution is 5.93. The second-order valence-electron chi connectivity index (χ2n) is 6.06. The number of carbonyl (C=O) groups is 1. The predicted octanol–water partition coefficient (Wildman–Crippen LogP) is 2.05. The Bertz CT molecular complexity index is 919. The van der Waals surface area contributed by atoms with Crippen LogP contribution in [0.15, 0.2) is 37.1 Å². The van der Waals surface area contributed by atoms with Gasteiger partial charge < -0.3 is 14.8 Å². The molecule has 0 unspecified atom stereocenters. The summed E-state index contributed by atoms with van der Waals surface area (Å²) in [6, 6.07) is 5.17. The molecule has 0 fully saturated rings. The molecule has 142 valence electrons. The van der Waals surface area contributed by atoms with Crippen LogP contribution in [0, 0.1) is 6.92 Å². The summed E-state index contributed by atoms with van der Waals surface area (Å²) in [6.07, 6.45) is 4.63. The minimum Gasteiger partial charge on any atom is -0.493 e. The van der Waals surface area contributed by atoms with Crippen LogP contribution in [0.25, 0.3) is 0 Å². The molecule has 1 aromatic carbocycles. The molecule has 0 aliphatic heterocycles. The van der Waals surface area contributed by atoms with Crippen molar-refractivity contribution >= 4 is 11.7 Å². The van der Waals surface area contributed by atoms with Crippen LogP contribution in [0.2, 0.25) is 0 Å². The summed E-state index contributed by atoms with van der Waals surface area (Å²) in [7, 11) is 3.19. The Balaban J connectivity index is 1.80. The van der Waals surface area contributed by atoms with Crippen LogP contribution in [0.1, 0.15) is 24.1 Å². The molecule has 3 rings (SSSR count). The summed E-state index contributed by atoms with van der Waals surface area (Å²) in [6.45, 7) is 4.13. The van der Waals surface area contributed by atoms with E-state index in [4.69, 9.17) is 9.47 Å². The lowest BCUT2D eigenvalue weighted by atomic mass is 10.2. The normalized spacial score (nSPS) is 11.9. The van der Waals surface area contributed by atoms with Crippen molar-refractivity contribution in [3.63, 3.8) is 0 Å². The van der Waals surface area contributed by atoms with Gasteiger partial charge in [0.15, 0.2) is 11.5 Å². The van der Waals surface area contributed by atoms with E-state index >= 15 is 0 Å². The maximum Gasteiger partial charge on any atom is 0.250 e. The molecule has 0 saturated carbocycles. The van der Waals surface area contributed by atoms with Crippen LogP contribution in [0.4, 0.5) is 5.82 Å². The fourth-order valence-corrected chi connectivity index (χ4v) is 2.67. The van der Waals surface area contributed by atoms with Crippen molar-refractivity contribution in [1.29, 1.82) is 0 Å². The minimum atomic E-state index is -0.490. The zero-order chi connectivity index (χ0) is 19.4. The predicted molar refractivity (Wildman–Crippen MR) is 99.0 cm³/mol. The summed E-state index contributed by atoms with van der Waals surface area (Å²) in [4.78, 5) is 16.4. The standard InChI is InChI=1S/C18H22N6O3/c1-12-8-20-23(9-14-5-6-15(26-3)16(7-14)27-4)17(12)22-18(25)13(2)24-11-19-10-21-24/h5-8,10-11,13H,9H2,1-4H3,(H,22,25)/t13-/m0/s1. The molecule has 0 saturated heterocycles. The summed E-state index contributed by atoms with van der Waals surface area (Å²) in [5.74, 6) is 1.75. The van der Waals surface area contributed by atoms with Crippen LogP contribution in [-0.4, -0.2) is 44.7 Å². The number of amides is 1. The van der Waals surface area contributed by atoms with Gasteiger partial charge in [0.25, 0.3) is 0 Å². The van der Waals surface area contributed by atoms with Crippen molar-refractivity contribution in [2.45, 2.75) is 26.4 Å². The highest BCUT2D eigenvalue weighted by Gasteiger charge is 2.19. The van der Waals surface area contributed by atoms with E-state index in [2.05, 4.69) is 20.5 Å². The Morgan fingerprint density at radius 2 is 2.00 bits per heavy atom. The number of hydrogen-bond donors (Lipinski definition) is 1. The lowest BCUT2D eigenvalue weighted by Gasteiger charge is -2.15. The molecule has 9 nitrogen and oxygen atoms in total. The Labute approximate surface area is 156 Å². The highest BCUT2D eigenvalue weighted by Crippen LogP contribution is 2.28. The van der Waals surface area contributed by atoms with E-state index in [0.717, 1.165) is 11.1 Å². The summed E-state index contributed by atoms with van der Waals surface area (Å²) in [5.41, 5.74) is 1.84. The molecule has 2 aromatic heterocycles. The Hall–Kier alpha value is -3.36. The van der Waals surface area contributed by atoms with E-state index in [9.17, 15) is 4.79 Å². The largest absolute Gasteiger partial charge is 0.493 e. The number of anilines is 1.